The highest BCUT2D eigenvalue weighted by molar-refractivity contribution is 5.29. The van der Waals surface area contributed by atoms with Crippen LogP contribution in [0.25, 0.3) is 0 Å². The first-order valence-electron chi connectivity index (χ1n) is 5.12. The van der Waals surface area contributed by atoms with Gasteiger partial charge in [0.1, 0.15) is 6.33 Å². The fourth-order valence-corrected chi connectivity index (χ4v) is 1.49. The standard InChI is InChI=1S/C11H14N4/c1(2-11-8-13-10-14-9-11)5-15-6-3-12-4-7-15/h8-10,12H,3-7H2. The number of aromatic nitrogens is 2. The van der Waals surface area contributed by atoms with Crippen LogP contribution >= 0.6 is 0 Å². The first kappa shape index (κ1) is 10.1. The second-order valence-corrected chi connectivity index (χ2v) is 3.46. The molecule has 1 aliphatic rings. The van der Waals surface area contributed by atoms with E-state index in [1.165, 1.54) is 6.33 Å². The zero-order chi connectivity index (χ0) is 10.3. The van der Waals surface area contributed by atoms with Crippen molar-refractivity contribution in [2.45, 2.75) is 0 Å². The van der Waals surface area contributed by atoms with E-state index >= 15 is 0 Å². The number of nitrogens with one attached hydrogen (secondary N) is 1. The van der Waals surface area contributed by atoms with Crippen molar-refractivity contribution < 1.29 is 0 Å². The monoisotopic (exact) mass is 202 g/mol. The molecule has 0 saturated carbocycles. The van der Waals surface area contributed by atoms with Crippen molar-refractivity contribution >= 4 is 0 Å². The zero-order valence-corrected chi connectivity index (χ0v) is 8.61. The minimum absolute atomic E-state index is 0.830. The summed E-state index contributed by atoms with van der Waals surface area (Å²) in [6.45, 7) is 5.13. The maximum absolute atomic E-state index is 3.91. The van der Waals surface area contributed by atoms with Crippen LogP contribution in [0.5, 0.6) is 0 Å². The molecule has 0 spiro atoms. The molecule has 1 aliphatic heterocycles. The van der Waals surface area contributed by atoms with E-state index in [1.54, 1.807) is 12.4 Å². The number of piperazine rings is 1. The quantitative estimate of drug-likeness (QED) is 0.637. The maximum Gasteiger partial charge on any atom is 0.115 e. The Balaban J connectivity index is 1.84. The van der Waals surface area contributed by atoms with Crippen LogP contribution in [0, 0.1) is 11.8 Å². The van der Waals surface area contributed by atoms with Crippen molar-refractivity contribution in [2.24, 2.45) is 0 Å². The van der Waals surface area contributed by atoms with Crippen molar-refractivity contribution in [3.8, 4) is 11.8 Å². The Morgan fingerprint density at radius 1 is 1.27 bits per heavy atom. The fraction of sp³-hybridized carbons (Fsp3) is 0.455. The van der Waals surface area contributed by atoms with Crippen molar-refractivity contribution in [2.75, 3.05) is 32.7 Å². The predicted molar refractivity (Wildman–Crippen MR) is 58.2 cm³/mol. The molecule has 1 aromatic heterocycles. The Hall–Kier alpha value is -1.44. The maximum atomic E-state index is 3.91. The summed E-state index contributed by atoms with van der Waals surface area (Å²) in [5, 5.41) is 3.31. The summed E-state index contributed by atoms with van der Waals surface area (Å²) in [5.41, 5.74) is 0.882. The summed E-state index contributed by atoms with van der Waals surface area (Å²) in [5.74, 6) is 6.19. The Kier molecular flexibility index (Phi) is 3.66. The fourth-order valence-electron chi connectivity index (χ4n) is 1.49. The van der Waals surface area contributed by atoms with Crippen LogP contribution in [0.2, 0.25) is 0 Å². The minimum Gasteiger partial charge on any atom is -0.314 e. The van der Waals surface area contributed by atoms with Crippen molar-refractivity contribution in [3.05, 3.63) is 24.3 Å². The van der Waals surface area contributed by atoms with Crippen LogP contribution in [0.4, 0.5) is 0 Å². The lowest BCUT2D eigenvalue weighted by atomic mass is 10.3. The van der Waals surface area contributed by atoms with E-state index < -0.39 is 0 Å². The molecule has 15 heavy (non-hydrogen) atoms. The molecule has 0 atom stereocenters. The molecule has 0 amide bonds. The molecule has 0 bridgehead atoms. The van der Waals surface area contributed by atoms with Gasteiger partial charge in [0, 0.05) is 38.6 Å². The summed E-state index contributed by atoms with van der Waals surface area (Å²) >= 11 is 0. The lowest BCUT2D eigenvalue weighted by molar-refractivity contribution is 0.268. The van der Waals surface area contributed by atoms with Crippen molar-refractivity contribution in [3.63, 3.8) is 0 Å². The van der Waals surface area contributed by atoms with E-state index in [9.17, 15) is 0 Å². The Bertz CT molecular complexity index is 346. The Morgan fingerprint density at radius 3 is 2.73 bits per heavy atom. The van der Waals surface area contributed by atoms with E-state index in [2.05, 4.69) is 32.0 Å². The molecule has 1 N–H and O–H groups in total. The van der Waals surface area contributed by atoms with Gasteiger partial charge in [-0.1, -0.05) is 11.8 Å². The van der Waals surface area contributed by atoms with E-state index in [4.69, 9.17) is 0 Å². The summed E-state index contributed by atoms with van der Waals surface area (Å²) in [7, 11) is 0. The van der Waals surface area contributed by atoms with Gasteiger partial charge in [-0.2, -0.15) is 0 Å². The minimum atomic E-state index is 0.830. The van der Waals surface area contributed by atoms with E-state index in [0.29, 0.717) is 0 Å². The molecule has 2 rings (SSSR count). The lowest BCUT2D eigenvalue weighted by Gasteiger charge is -2.24. The van der Waals surface area contributed by atoms with Gasteiger partial charge < -0.3 is 5.32 Å². The van der Waals surface area contributed by atoms with Crippen LogP contribution in [-0.2, 0) is 0 Å². The van der Waals surface area contributed by atoms with Crippen LogP contribution < -0.4 is 5.32 Å². The van der Waals surface area contributed by atoms with Crippen molar-refractivity contribution in [1.82, 2.24) is 20.2 Å². The summed E-state index contributed by atoms with van der Waals surface area (Å²) in [4.78, 5) is 10.2. The third-order valence-corrected chi connectivity index (χ3v) is 2.31. The highest BCUT2D eigenvalue weighted by Crippen LogP contribution is 1.91. The molecule has 0 aliphatic carbocycles. The van der Waals surface area contributed by atoms with Gasteiger partial charge in [0.05, 0.1) is 12.1 Å². The number of hydrogen-bond acceptors (Lipinski definition) is 4. The van der Waals surface area contributed by atoms with Crippen LogP contribution in [-0.4, -0.2) is 47.6 Å². The SMILES string of the molecule is C(#Cc1cncnc1)CN1CCNCC1. The topological polar surface area (TPSA) is 41.1 Å². The third-order valence-electron chi connectivity index (χ3n) is 2.31. The summed E-state index contributed by atoms with van der Waals surface area (Å²) in [6, 6.07) is 0. The highest BCUT2D eigenvalue weighted by atomic mass is 15.2. The van der Waals surface area contributed by atoms with Crippen molar-refractivity contribution in [1.29, 1.82) is 0 Å². The van der Waals surface area contributed by atoms with Crippen LogP contribution in [0.15, 0.2) is 18.7 Å². The summed E-state index contributed by atoms with van der Waals surface area (Å²) < 4.78 is 0. The first-order chi connectivity index (χ1) is 7.45. The Labute approximate surface area is 89.7 Å². The molecule has 1 saturated heterocycles. The van der Waals surface area contributed by atoms with Crippen LogP contribution in [0.1, 0.15) is 5.56 Å². The number of rotatable bonds is 1. The number of hydrogen-bond donors (Lipinski definition) is 1. The molecule has 4 heteroatoms. The molecule has 0 radical (unpaired) electrons. The molecule has 1 fully saturated rings. The van der Waals surface area contributed by atoms with Gasteiger partial charge in [0.25, 0.3) is 0 Å². The molecule has 4 nitrogen and oxygen atoms in total. The average molecular weight is 202 g/mol. The molecule has 0 aromatic carbocycles. The second-order valence-electron chi connectivity index (χ2n) is 3.46. The second kappa shape index (κ2) is 5.44. The molecular weight excluding hydrogens is 188 g/mol. The predicted octanol–water partition coefficient (Wildman–Crippen LogP) is -0.267. The largest absolute Gasteiger partial charge is 0.314 e. The molecule has 1 aromatic rings. The van der Waals surface area contributed by atoms with E-state index in [0.717, 1.165) is 38.3 Å². The van der Waals surface area contributed by atoms with Gasteiger partial charge in [-0.25, -0.2) is 9.97 Å². The van der Waals surface area contributed by atoms with Crippen LogP contribution in [0.3, 0.4) is 0 Å². The normalized spacial score (nSPS) is 16.8. The Morgan fingerprint density at radius 2 is 2.00 bits per heavy atom. The van der Waals surface area contributed by atoms with E-state index in [-0.39, 0.29) is 0 Å². The highest BCUT2D eigenvalue weighted by Gasteiger charge is 2.06. The van der Waals surface area contributed by atoms with Gasteiger partial charge in [-0.15, -0.1) is 0 Å². The number of nitrogens with zero attached hydrogens (tertiary/aromatic N) is 3. The summed E-state index contributed by atoms with van der Waals surface area (Å²) in [6.07, 6.45) is 4.98. The third kappa shape index (κ3) is 3.31. The lowest BCUT2D eigenvalue weighted by Crippen LogP contribution is -2.43. The first-order valence-corrected chi connectivity index (χ1v) is 5.12. The van der Waals surface area contributed by atoms with E-state index in [1.807, 2.05) is 0 Å². The molecule has 2 heterocycles. The van der Waals surface area contributed by atoms with Gasteiger partial charge in [-0.05, 0) is 0 Å². The van der Waals surface area contributed by atoms with Gasteiger partial charge >= 0.3 is 0 Å². The average Bonchev–Trinajstić information content (AvgIpc) is 2.32. The molecule has 78 valence electrons. The molecular formula is C11H14N4. The van der Waals surface area contributed by atoms with Gasteiger partial charge in [0.2, 0.25) is 0 Å². The van der Waals surface area contributed by atoms with Gasteiger partial charge in [0.15, 0.2) is 0 Å². The smallest absolute Gasteiger partial charge is 0.115 e. The molecule has 0 unspecified atom stereocenters. The van der Waals surface area contributed by atoms with Gasteiger partial charge in [-0.3, -0.25) is 4.90 Å². The zero-order valence-electron chi connectivity index (χ0n) is 8.61.